The van der Waals surface area contributed by atoms with Crippen molar-refractivity contribution in [1.29, 1.82) is 0 Å². The summed E-state index contributed by atoms with van der Waals surface area (Å²) < 4.78 is 48.3. The van der Waals surface area contributed by atoms with Gasteiger partial charge in [-0.15, -0.1) is 0 Å². The van der Waals surface area contributed by atoms with Crippen molar-refractivity contribution in [2.75, 3.05) is 14.2 Å². The zero-order valence-corrected chi connectivity index (χ0v) is 10.6. The Morgan fingerprint density at radius 1 is 1.00 bits per heavy atom. The minimum absolute atomic E-state index is 0.0141. The fraction of sp³-hybridized carbons (Fsp3) is 0.500. The second-order valence-electron chi connectivity index (χ2n) is 4.31. The molecule has 0 spiro atoms. The lowest BCUT2D eigenvalue weighted by Gasteiger charge is -2.24. The lowest BCUT2D eigenvalue weighted by Crippen LogP contribution is -2.19. The first-order chi connectivity index (χ1) is 8.11. The predicted octanol–water partition coefficient (Wildman–Crippen LogP) is 2.95. The lowest BCUT2D eigenvalue weighted by atomic mass is 9.94. The van der Waals surface area contributed by atoms with Crippen LogP contribution in [0.15, 0.2) is 12.1 Å². The number of alkyl halides is 3. The molecule has 0 bridgehead atoms. The smallest absolute Gasteiger partial charge is 0.420 e. The molecular formula is C12H15F3O3. The van der Waals surface area contributed by atoms with Gasteiger partial charge in [-0.05, 0) is 26.0 Å². The monoisotopic (exact) mass is 264 g/mol. The molecule has 0 amide bonds. The molecule has 0 unspecified atom stereocenters. The number of rotatable bonds is 3. The van der Waals surface area contributed by atoms with Crippen LogP contribution in [0.2, 0.25) is 0 Å². The van der Waals surface area contributed by atoms with Crippen LogP contribution >= 0.6 is 0 Å². The molecule has 6 heteroatoms. The molecule has 0 aliphatic heterocycles. The first-order valence-corrected chi connectivity index (χ1v) is 5.17. The third kappa shape index (κ3) is 2.87. The summed E-state index contributed by atoms with van der Waals surface area (Å²) in [6.45, 7) is 2.76. The Kier molecular flexibility index (Phi) is 3.81. The van der Waals surface area contributed by atoms with E-state index < -0.39 is 23.1 Å². The van der Waals surface area contributed by atoms with Gasteiger partial charge in [-0.2, -0.15) is 13.2 Å². The van der Waals surface area contributed by atoms with Gasteiger partial charge in [0.2, 0.25) is 0 Å². The van der Waals surface area contributed by atoms with Crippen molar-refractivity contribution in [3.8, 4) is 11.5 Å². The molecule has 0 radical (unpaired) electrons. The molecule has 0 aromatic heterocycles. The number of aliphatic hydroxyl groups is 1. The van der Waals surface area contributed by atoms with Gasteiger partial charge in [-0.25, -0.2) is 0 Å². The van der Waals surface area contributed by atoms with E-state index in [2.05, 4.69) is 0 Å². The number of methoxy groups -OCH3 is 2. The maximum atomic E-state index is 12.9. The Morgan fingerprint density at radius 2 is 1.50 bits per heavy atom. The van der Waals surface area contributed by atoms with Crippen LogP contribution in [0, 0.1) is 0 Å². The molecule has 0 aliphatic carbocycles. The number of hydrogen-bond acceptors (Lipinski definition) is 3. The van der Waals surface area contributed by atoms with E-state index in [1.807, 2.05) is 0 Å². The van der Waals surface area contributed by atoms with Crippen molar-refractivity contribution < 1.29 is 27.8 Å². The van der Waals surface area contributed by atoms with Gasteiger partial charge in [0.25, 0.3) is 0 Å². The number of halogens is 3. The number of ether oxygens (including phenoxy) is 2. The summed E-state index contributed by atoms with van der Waals surface area (Å²) in [5.41, 5.74) is -2.42. The van der Waals surface area contributed by atoms with E-state index in [1.54, 1.807) is 0 Å². The number of hydrogen-bond donors (Lipinski definition) is 1. The SMILES string of the molecule is COc1cc(C(C)(C)O)c(OC)c(C(F)(F)F)c1. The third-order valence-electron chi connectivity index (χ3n) is 2.47. The molecule has 0 aliphatic rings. The molecule has 1 aromatic rings. The standard InChI is InChI=1S/C12H15F3O3/c1-11(2,16)8-5-7(17-3)6-9(10(8)18-4)12(13,14)15/h5-6,16H,1-4H3. The van der Waals surface area contributed by atoms with E-state index in [0.717, 1.165) is 13.2 Å². The quantitative estimate of drug-likeness (QED) is 0.912. The summed E-state index contributed by atoms with van der Waals surface area (Å²) in [4.78, 5) is 0. The van der Waals surface area contributed by atoms with Crippen molar-refractivity contribution in [3.05, 3.63) is 23.3 Å². The van der Waals surface area contributed by atoms with Crippen LogP contribution in [0.5, 0.6) is 11.5 Å². The summed E-state index contributed by atoms with van der Waals surface area (Å²) in [5.74, 6) is -0.379. The maximum Gasteiger partial charge on any atom is 0.420 e. The summed E-state index contributed by atoms with van der Waals surface area (Å²) >= 11 is 0. The molecule has 3 nitrogen and oxygen atoms in total. The minimum atomic E-state index is -4.58. The Labute approximate surface area is 103 Å². The van der Waals surface area contributed by atoms with Gasteiger partial charge < -0.3 is 14.6 Å². The van der Waals surface area contributed by atoms with Gasteiger partial charge in [-0.1, -0.05) is 0 Å². The van der Waals surface area contributed by atoms with E-state index in [4.69, 9.17) is 9.47 Å². The third-order valence-corrected chi connectivity index (χ3v) is 2.47. The van der Waals surface area contributed by atoms with Gasteiger partial charge >= 0.3 is 6.18 Å². The lowest BCUT2D eigenvalue weighted by molar-refractivity contribution is -0.139. The van der Waals surface area contributed by atoms with E-state index in [-0.39, 0.29) is 11.3 Å². The van der Waals surface area contributed by atoms with E-state index >= 15 is 0 Å². The summed E-state index contributed by atoms with van der Waals surface area (Å²) in [5, 5.41) is 9.91. The number of benzene rings is 1. The highest BCUT2D eigenvalue weighted by atomic mass is 19.4. The normalized spacial score (nSPS) is 12.4. The van der Waals surface area contributed by atoms with Crippen LogP contribution in [0.3, 0.4) is 0 Å². The zero-order valence-electron chi connectivity index (χ0n) is 10.6. The van der Waals surface area contributed by atoms with Crippen LogP contribution in [-0.2, 0) is 11.8 Å². The molecule has 0 saturated heterocycles. The molecule has 1 rings (SSSR count). The van der Waals surface area contributed by atoms with Crippen molar-refractivity contribution in [2.45, 2.75) is 25.6 Å². The maximum absolute atomic E-state index is 12.9. The van der Waals surface area contributed by atoms with E-state index in [0.29, 0.717) is 0 Å². The van der Waals surface area contributed by atoms with Crippen LogP contribution in [0.1, 0.15) is 25.0 Å². The Bertz CT molecular complexity index is 398. The molecule has 0 saturated carbocycles. The molecule has 18 heavy (non-hydrogen) atoms. The minimum Gasteiger partial charge on any atom is -0.497 e. The van der Waals surface area contributed by atoms with Crippen molar-refractivity contribution in [1.82, 2.24) is 0 Å². The van der Waals surface area contributed by atoms with Crippen LogP contribution in [-0.4, -0.2) is 19.3 Å². The molecular weight excluding hydrogens is 249 g/mol. The fourth-order valence-corrected chi connectivity index (χ4v) is 1.61. The second kappa shape index (κ2) is 4.68. The zero-order chi connectivity index (χ0) is 14.1. The van der Waals surface area contributed by atoms with Gasteiger partial charge in [0, 0.05) is 5.56 Å². The van der Waals surface area contributed by atoms with E-state index in [9.17, 15) is 18.3 Å². The van der Waals surface area contributed by atoms with Gasteiger partial charge in [0.05, 0.1) is 19.8 Å². The highest BCUT2D eigenvalue weighted by Gasteiger charge is 2.38. The molecule has 0 heterocycles. The summed E-state index contributed by atoms with van der Waals surface area (Å²) in [6, 6.07) is 2.17. The fourth-order valence-electron chi connectivity index (χ4n) is 1.61. The average Bonchev–Trinajstić information content (AvgIpc) is 2.24. The van der Waals surface area contributed by atoms with Gasteiger partial charge in [-0.3, -0.25) is 0 Å². The second-order valence-corrected chi connectivity index (χ2v) is 4.31. The Balaban J connectivity index is 3.61. The molecule has 0 atom stereocenters. The highest BCUT2D eigenvalue weighted by molar-refractivity contribution is 5.50. The summed E-state index contributed by atoms with van der Waals surface area (Å²) in [7, 11) is 2.39. The van der Waals surface area contributed by atoms with Crippen LogP contribution < -0.4 is 9.47 Å². The first kappa shape index (κ1) is 14.6. The van der Waals surface area contributed by atoms with Crippen LogP contribution in [0.4, 0.5) is 13.2 Å². The molecule has 1 N–H and O–H groups in total. The van der Waals surface area contributed by atoms with Crippen molar-refractivity contribution >= 4 is 0 Å². The first-order valence-electron chi connectivity index (χ1n) is 5.17. The van der Waals surface area contributed by atoms with Gasteiger partial charge in [0.15, 0.2) is 0 Å². The molecule has 0 fully saturated rings. The van der Waals surface area contributed by atoms with Crippen molar-refractivity contribution in [2.24, 2.45) is 0 Å². The largest absolute Gasteiger partial charge is 0.497 e. The van der Waals surface area contributed by atoms with Crippen molar-refractivity contribution in [3.63, 3.8) is 0 Å². The van der Waals surface area contributed by atoms with Crippen LogP contribution in [0.25, 0.3) is 0 Å². The topological polar surface area (TPSA) is 38.7 Å². The summed E-state index contributed by atoms with van der Waals surface area (Å²) in [6.07, 6.45) is -4.58. The highest BCUT2D eigenvalue weighted by Crippen LogP contribution is 2.43. The Morgan fingerprint density at radius 3 is 1.83 bits per heavy atom. The van der Waals surface area contributed by atoms with Gasteiger partial charge in [0.1, 0.15) is 17.1 Å². The molecule has 102 valence electrons. The molecule has 1 aromatic carbocycles. The van der Waals surface area contributed by atoms with E-state index in [1.165, 1.54) is 27.0 Å². The Hall–Kier alpha value is -1.43. The average molecular weight is 264 g/mol. The predicted molar refractivity (Wildman–Crippen MR) is 59.8 cm³/mol.